The fraction of sp³-hybridized carbons (Fsp3) is 0.882. The molecule has 0 atom stereocenters. The summed E-state index contributed by atoms with van der Waals surface area (Å²) in [5.74, 6) is 0.0884. The molecule has 1 saturated heterocycles. The summed E-state index contributed by atoms with van der Waals surface area (Å²) >= 11 is 0. The van der Waals surface area contributed by atoms with Crippen LogP contribution in [0.5, 0.6) is 0 Å². The normalized spacial score (nSPS) is 22.9. The fourth-order valence-electron chi connectivity index (χ4n) is 3.88. The van der Waals surface area contributed by atoms with Gasteiger partial charge in [-0.05, 0) is 31.1 Å². The van der Waals surface area contributed by atoms with E-state index in [1.807, 2.05) is 0 Å². The molecule has 1 N–H and O–H groups in total. The number of aliphatic hydroxyl groups excluding tert-OH is 1. The Bertz CT molecular complexity index is 395. The summed E-state index contributed by atoms with van der Waals surface area (Å²) in [6.45, 7) is 4.80. The van der Waals surface area contributed by atoms with Crippen molar-refractivity contribution in [1.82, 2.24) is 4.90 Å². The van der Waals surface area contributed by atoms with Crippen LogP contribution in [0.2, 0.25) is 0 Å². The van der Waals surface area contributed by atoms with E-state index in [1.165, 1.54) is 17.7 Å². The van der Waals surface area contributed by atoms with Gasteiger partial charge in [0.1, 0.15) is 0 Å². The molecule has 0 aromatic heterocycles. The van der Waals surface area contributed by atoms with E-state index in [0.717, 1.165) is 32.1 Å². The van der Waals surface area contributed by atoms with E-state index in [9.17, 15) is 9.59 Å². The third-order valence-corrected chi connectivity index (χ3v) is 5.15. The van der Waals surface area contributed by atoms with Crippen LogP contribution in [0.3, 0.4) is 0 Å². The number of hydrogen-bond donors (Lipinski definition) is 1. The van der Waals surface area contributed by atoms with Crippen molar-refractivity contribution in [2.75, 3.05) is 13.2 Å². The number of amides is 2. The van der Waals surface area contributed by atoms with Gasteiger partial charge in [-0.3, -0.25) is 14.5 Å². The van der Waals surface area contributed by atoms with Gasteiger partial charge in [-0.25, -0.2) is 0 Å². The first-order chi connectivity index (χ1) is 9.90. The smallest absolute Gasteiger partial charge is 0.235 e. The zero-order chi connectivity index (χ0) is 15.5. The fourth-order valence-corrected chi connectivity index (χ4v) is 3.88. The zero-order valence-electron chi connectivity index (χ0n) is 13.5. The highest BCUT2D eigenvalue weighted by Gasteiger charge is 2.51. The van der Waals surface area contributed by atoms with E-state index >= 15 is 0 Å². The standard InChI is InChI=1S/C17H29NO3/c1-16(2,8-7-11-19)13-18-14(20)12-17(15(18)21)9-5-3-4-6-10-17/h19H,3-13H2,1-2H3. The Kier molecular flexibility index (Phi) is 5.07. The number of nitrogens with zero attached hydrogens (tertiary/aromatic N) is 1. The molecule has 1 aliphatic heterocycles. The summed E-state index contributed by atoms with van der Waals surface area (Å²) in [7, 11) is 0. The molecule has 1 heterocycles. The van der Waals surface area contributed by atoms with Crippen molar-refractivity contribution in [3.8, 4) is 0 Å². The van der Waals surface area contributed by atoms with Crippen molar-refractivity contribution in [1.29, 1.82) is 0 Å². The lowest BCUT2D eigenvalue weighted by Gasteiger charge is -2.31. The maximum Gasteiger partial charge on any atom is 0.235 e. The molecule has 2 fully saturated rings. The van der Waals surface area contributed by atoms with E-state index in [2.05, 4.69) is 13.8 Å². The van der Waals surface area contributed by atoms with Crippen molar-refractivity contribution in [2.24, 2.45) is 10.8 Å². The molecule has 0 bridgehead atoms. The lowest BCUT2D eigenvalue weighted by atomic mass is 9.79. The first-order valence-corrected chi connectivity index (χ1v) is 8.36. The van der Waals surface area contributed by atoms with Gasteiger partial charge in [0.15, 0.2) is 0 Å². The Morgan fingerprint density at radius 2 is 1.76 bits per heavy atom. The van der Waals surface area contributed by atoms with Gasteiger partial charge in [-0.15, -0.1) is 0 Å². The van der Waals surface area contributed by atoms with Crippen molar-refractivity contribution >= 4 is 11.8 Å². The van der Waals surface area contributed by atoms with E-state index in [1.54, 1.807) is 0 Å². The average Bonchev–Trinajstić information content (AvgIpc) is 2.63. The quantitative estimate of drug-likeness (QED) is 0.793. The lowest BCUT2D eigenvalue weighted by molar-refractivity contribution is -0.143. The number of likely N-dealkylation sites (tertiary alicyclic amines) is 1. The molecule has 1 saturated carbocycles. The van der Waals surface area contributed by atoms with Crippen LogP contribution in [-0.2, 0) is 9.59 Å². The molecule has 2 rings (SSSR count). The minimum absolute atomic E-state index is 0.0129. The van der Waals surface area contributed by atoms with Gasteiger partial charge in [-0.2, -0.15) is 0 Å². The van der Waals surface area contributed by atoms with Gasteiger partial charge in [0.05, 0.1) is 5.41 Å². The first kappa shape index (κ1) is 16.5. The van der Waals surface area contributed by atoms with Gasteiger partial charge < -0.3 is 5.11 Å². The van der Waals surface area contributed by atoms with Gasteiger partial charge in [-0.1, -0.05) is 39.5 Å². The summed E-state index contributed by atoms with van der Waals surface area (Å²) in [4.78, 5) is 26.7. The van der Waals surface area contributed by atoms with E-state index in [-0.39, 0.29) is 29.3 Å². The van der Waals surface area contributed by atoms with Gasteiger partial charge in [0, 0.05) is 19.6 Å². The number of carbonyl (C=O) groups excluding carboxylic acids is 2. The third-order valence-electron chi connectivity index (χ3n) is 5.15. The van der Waals surface area contributed by atoms with Crippen LogP contribution in [0, 0.1) is 10.8 Å². The van der Waals surface area contributed by atoms with Gasteiger partial charge >= 0.3 is 0 Å². The maximum absolute atomic E-state index is 12.9. The van der Waals surface area contributed by atoms with E-state index in [0.29, 0.717) is 19.4 Å². The van der Waals surface area contributed by atoms with Crippen LogP contribution in [0.15, 0.2) is 0 Å². The zero-order valence-corrected chi connectivity index (χ0v) is 13.5. The van der Waals surface area contributed by atoms with Crippen LogP contribution in [0.4, 0.5) is 0 Å². The lowest BCUT2D eigenvalue weighted by Crippen LogP contribution is -2.41. The Labute approximate surface area is 127 Å². The summed E-state index contributed by atoms with van der Waals surface area (Å²) in [5, 5.41) is 8.98. The number of carbonyl (C=O) groups is 2. The summed E-state index contributed by atoms with van der Waals surface area (Å²) < 4.78 is 0. The van der Waals surface area contributed by atoms with Crippen LogP contribution in [0.1, 0.15) is 71.6 Å². The highest BCUT2D eigenvalue weighted by molar-refractivity contribution is 6.05. The Hall–Kier alpha value is -0.900. The molecule has 1 aliphatic carbocycles. The molecule has 1 spiro atoms. The second kappa shape index (κ2) is 6.47. The van der Waals surface area contributed by atoms with Crippen LogP contribution in [0.25, 0.3) is 0 Å². The Balaban J connectivity index is 2.07. The predicted octanol–water partition coefficient (Wildman–Crippen LogP) is 2.88. The Morgan fingerprint density at radius 1 is 1.14 bits per heavy atom. The molecule has 21 heavy (non-hydrogen) atoms. The monoisotopic (exact) mass is 295 g/mol. The van der Waals surface area contributed by atoms with Crippen LogP contribution >= 0.6 is 0 Å². The number of hydrogen-bond acceptors (Lipinski definition) is 3. The molecular weight excluding hydrogens is 266 g/mol. The summed E-state index contributed by atoms with van der Waals surface area (Å²) in [5.41, 5.74) is -0.509. The molecule has 4 heteroatoms. The average molecular weight is 295 g/mol. The molecule has 120 valence electrons. The number of rotatable bonds is 5. The van der Waals surface area contributed by atoms with Crippen molar-refractivity contribution in [2.45, 2.75) is 71.6 Å². The van der Waals surface area contributed by atoms with Gasteiger partial charge in [0.25, 0.3) is 0 Å². The molecule has 0 aromatic rings. The molecule has 0 aromatic carbocycles. The molecule has 2 aliphatic rings. The van der Waals surface area contributed by atoms with E-state index in [4.69, 9.17) is 5.11 Å². The topological polar surface area (TPSA) is 57.6 Å². The van der Waals surface area contributed by atoms with Crippen molar-refractivity contribution in [3.05, 3.63) is 0 Å². The predicted molar refractivity (Wildman–Crippen MR) is 81.6 cm³/mol. The van der Waals surface area contributed by atoms with Crippen molar-refractivity contribution in [3.63, 3.8) is 0 Å². The highest BCUT2D eigenvalue weighted by Crippen LogP contribution is 2.45. The number of aliphatic hydroxyl groups is 1. The maximum atomic E-state index is 12.9. The molecule has 0 radical (unpaired) electrons. The largest absolute Gasteiger partial charge is 0.396 e. The molecule has 2 amide bonds. The van der Waals surface area contributed by atoms with E-state index < -0.39 is 0 Å². The highest BCUT2D eigenvalue weighted by atomic mass is 16.3. The third kappa shape index (κ3) is 3.65. The van der Waals surface area contributed by atoms with Crippen LogP contribution in [-0.4, -0.2) is 35.0 Å². The van der Waals surface area contributed by atoms with Gasteiger partial charge in [0.2, 0.25) is 11.8 Å². The second-order valence-electron chi connectivity index (χ2n) is 7.65. The molecule has 4 nitrogen and oxygen atoms in total. The van der Waals surface area contributed by atoms with Crippen molar-refractivity contribution < 1.29 is 14.7 Å². The molecule has 0 unspecified atom stereocenters. The number of imide groups is 1. The summed E-state index contributed by atoms with van der Waals surface area (Å²) in [6.07, 6.45) is 8.23. The SMILES string of the molecule is CC(C)(CCCO)CN1C(=O)CC2(CCCCCC2)C1=O. The minimum Gasteiger partial charge on any atom is -0.396 e. The Morgan fingerprint density at radius 3 is 2.33 bits per heavy atom. The second-order valence-corrected chi connectivity index (χ2v) is 7.65. The van der Waals surface area contributed by atoms with Crippen LogP contribution < -0.4 is 0 Å². The minimum atomic E-state index is -0.388. The summed E-state index contributed by atoms with van der Waals surface area (Å²) in [6, 6.07) is 0. The first-order valence-electron chi connectivity index (χ1n) is 8.36. The molecular formula is C17H29NO3.